The maximum absolute atomic E-state index is 9.18. The molecule has 0 atom stereocenters. The molecule has 0 heterocycles. The molecular weight excluding hydrogens is 248 g/mol. The third kappa shape index (κ3) is 3.66. The Bertz CT molecular complexity index is 444. The lowest BCUT2D eigenvalue weighted by Crippen LogP contribution is -2.54. The standard InChI is InChI=1S/C13H18N2O4/c1-19-12-3-2-10(4-11(12)5-14)6-15-13(7-16,8-17)9-18/h2-4,15-18H,6-9H2,1H3. The van der Waals surface area contributed by atoms with Crippen LogP contribution in [0.4, 0.5) is 0 Å². The number of hydrogen-bond donors (Lipinski definition) is 4. The van der Waals surface area contributed by atoms with E-state index >= 15 is 0 Å². The lowest BCUT2D eigenvalue weighted by Gasteiger charge is -2.28. The number of aliphatic hydroxyl groups excluding tert-OH is 3. The van der Waals surface area contributed by atoms with Crippen LogP contribution in [-0.2, 0) is 6.54 Å². The van der Waals surface area contributed by atoms with Crippen LogP contribution in [0.1, 0.15) is 11.1 Å². The van der Waals surface area contributed by atoms with Crippen molar-refractivity contribution in [3.8, 4) is 11.8 Å². The van der Waals surface area contributed by atoms with Crippen molar-refractivity contribution in [2.75, 3.05) is 26.9 Å². The van der Waals surface area contributed by atoms with Crippen molar-refractivity contribution in [3.63, 3.8) is 0 Å². The lowest BCUT2D eigenvalue weighted by atomic mass is 10.0. The summed E-state index contributed by atoms with van der Waals surface area (Å²) in [6, 6.07) is 7.12. The van der Waals surface area contributed by atoms with E-state index in [1.54, 1.807) is 18.2 Å². The molecule has 0 aliphatic rings. The molecule has 0 aromatic heterocycles. The highest BCUT2D eigenvalue weighted by molar-refractivity contribution is 5.45. The zero-order chi connectivity index (χ0) is 14.3. The van der Waals surface area contributed by atoms with Gasteiger partial charge in [-0.25, -0.2) is 0 Å². The summed E-state index contributed by atoms with van der Waals surface area (Å²) in [6.07, 6.45) is 0. The molecule has 6 nitrogen and oxygen atoms in total. The van der Waals surface area contributed by atoms with Crippen LogP contribution in [-0.4, -0.2) is 47.8 Å². The van der Waals surface area contributed by atoms with Gasteiger partial charge in [0.15, 0.2) is 0 Å². The zero-order valence-corrected chi connectivity index (χ0v) is 10.8. The van der Waals surface area contributed by atoms with Crippen molar-refractivity contribution in [3.05, 3.63) is 29.3 Å². The number of nitriles is 1. The average Bonchev–Trinajstić information content (AvgIpc) is 2.49. The van der Waals surface area contributed by atoms with Crippen LogP contribution in [0.5, 0.6) is 5.75 Å². The summed E-state index contributed by atoms with van der Waals surface area (Å²) in [4.78, 5) is 0. The Hall–Kier alpha value is -1.65. The summed E-state index contributed by atoms with van der Waals surface area (Å²) in [6.45, 7) is -0.857. The largest absolute Gasteiger partial charge is 0.495 e. The van der Waals surface area contributed by atoms with Gasteiger partial charge in [-0.1, -0.05) is 6.07 Å². The minimum atomic E-state index is -1.13. The Kier molecular flexibility index (Phi) is 5.73. The second kappa shape index (κ2) is 7.07. The summed E-state index contributed by atoms with van der Waals surface area (Å²) in [5.41, 5.74) is 0.0636. The summed E-state index contributed by atoms with van der Waals surface area (Å²) in [7, 11) is 1.49. The van der Waals surface area contributed by atoms with Crippen molar-refractivity contribution in [1.29, 1.82) is 5.26 Å². The third-order valence-corrected chi connectivity index (χ3v) is 2.96. The molecule has 6 heteroatoms. The van der Waals surface area contributed by atoms with Gasteiger partial charge in [0.25, 0.3) is 0 Å². The van der Waals surface area contributed by atoms with Crippen LogP contribution in [0.25, 0.3) is 0 Å². The highest BCUT2D eigenvalue weighted by atomic mass is 16.5. The molecule has 19 heavy (non-hydrogen) atoms. The van der Waals surface area contributed by atoms with E-state index in [2.05, 4.69) is 5.32 Å². The first kappa shape index (κ1) is 15.4. The molecule has 0 unspecified atom stereocenters. The van der Waals surface area contributed by atoms with E-state index in [1.807, 2.05) is 6.07 Å². The average molecular weight is 266 g/mol. The van der Waals surface area contributed by atoms with Gasteiger partial charge in [0.1, 0.15) is 11.8 Å². The van der Waals surface area contributed by atoms with Crippen molar-refractivity contribution in [2.24, 2.45) is 0 Å². The SMILES string of the molecule is COc1ccc(CNC(CO)(CO)CO)cc1C#N. The molecule has 104 valence electrons. The molecule has 0 bridgehead atoms. The molecule has 0 fully saturated rings. The van der Waals surface area contributed by atoms with E-state index in [-0.39, 0.29) is 19.8 Å². The minimum Gasteiger partial charge on any atom is -0.495 e. The fourth-order valence-corrected chi connectivity index (χ4v) is 1.56. The molecule has 1 aromatic rings. The highest BCUT2D eigenvalue weighted by Gasteiger charge is 2.27. The Morgan fingerprint density at radius 2 is 1.89 bits per heavy atom. The Labute approximate surface area is 111 Å². The number of ether oxygens (including phenoxy) is 1. The van der Waals surface area contributed by atoms with Crippen LogP contribution in [0, 0.1) is 11.3 Å². The summed E-state index contributed by atoms with van der Waals surface area (Å²) in [5.74, 6) is 0.490. The van der Waals surface area contributed by atoms with E-state index < -0.39 is 5.54 Å². The van der Waals surface area contributed by atoms with Crippen molar-refractivity contribution in [1.82, 2.24) is 5.32 Å². The predicted octanol–water partition coefficient (Wildman–Crippen LogP) is -0.628. The maximum atomic E-state index is 9.18. The fourth-order valence-electron chi connectivity index (χ4n) is 1.56. The van der Waals surface area contributed by atoms with Gasteiger partial charge in [-0.2, -0.15) is 5.26 Å². The van der Waals surface area contributed by atoms with E-state index in [0.29, 0.717) is 17.9 Å². The Morgan fingerprint density at radius 1 is 1.26 bits per heavy atom. The van der Waals surface area contributed by atoms with Crippen LogP contribution < -0.4 is 10.1 Å². The van der Waals surface area contributed by atoms with Crippen LogP contribution >= 0.6 is 0 Å². The molecule has 1 aromatic carbocycles. The number of nitrogens with zero attached hydrogens (tertiary/aromatic N) is 1. The molecule has 4 N–H and O–H groups in total. The van der Waals surface area contributed by atoms with Crippen molar-refractivity contribution >= 4 is 0 Å². The Morgan fingerprint density at radius 3 is 2.37 bits per heavy atom. The topological polar surface area (TPSA) is 106 Å². The van der Waals surface area contributed by atoms with E-state index in [0.717, 1.165) is 5.56 Å². The van der Waals surface area contributed by atoms with Crippen LogP contribution in [0.3, 0.4) is 0 Å². The lowest BCUT2D eigenvalue weighted by molar-refractivity contribution is 0.0414. The van der Waals surface area contributed by atoms with Gasteiger partial charge in [-0.3, -0.25) is 0 Å². The molecular formula is C13H18N2O4. The molecule has 0 saturated carbocycles. The predicted molar refractivity (Wildman–Crippen MR) is 68.5 cm³/mol. The van der Waals surface area contributed by atoms with E-state index in [9.17, 15) is 15.3 Å². The first-order chi connectivity index (χ1) is 9.14. The number of hydrogen-bond acceptors (Lipinski definition) is 6. The zero-order valence-electron chi connectivity index (χ0n) is 10.8. The number of nitrogens with one attached hydrogen (secondary N) is 1. The molecule has 0 amide bonds. The quantitative estimate of drug-likeness (QED) is 0.524. The van der Waals surface area contributed by atoms with Crippen LogP contribution in [0.2, 0.25) is 0 Å². The van der Waals surface area contributed by atoms with Gasteiger partial charge < -0.3 is 25.4 Å². The maximum Gasteiger partial charge on any atom is 0.136 e. The number of methoxy groups -OCH3 is 1. The van der Waals surface area contributed by atoms with Crippen LogP contribution in [0.15, 0.2) is 18.2 Å². The summed E-state index contributed by atoms with van der Waals surface area (Å²) < 4.78 is 5.04. The number of rotatable bonds is 7. The normalized spacial score (nSPS) is 11.1. The van der Waals surface area contributed by atoms with Gasteiger partial charge in [0, 0.05) is 6.54 Å². The van der Waals surface area contributed by atoms with Crippen molar-refractivity contribution in [2.45, 2.75) is 12.1 Å². The molecule has 0 aliphatic heterocycles. The van der Waals surface area contributed by atoms with Crippen molar-refractivity contribution < 1.29 is 20.1 Å². The second-order valence-corrected chi connectivity index (χ2v) is 4.25. The van der Waals surface area contributed by atoms with Gasteiger partial charge in [-0.15, -0.1) is 0 Å². The molecule has 0 spiro atoms. The first-order valence-corrected chi connectivity index (χ1v) is 5.79. The Balaban J connectivity index is 2.81. The smallest absolute Gasteiger partial charge is 0.136 e. The molecule has 0 aliphatic carbocycles. The first-order valence-electron chi connectivity index (χ1n) is 5.79. The van der Waals surface area contributed by atoms with E-state index in [1.165, 1.54) is 7.11 Å². The second-order valence-electron chi connectivity index (χ2n) is 4.25. The van der Waals surface area contributed by atoms with Gasteiger partial charge in [0.2, 0.25) is 0 Å². The number of benzene rings is 1. The number of aliphatic hydroxyl groups is 3. The summed E-state index contributed by atoms with van der Waals surface area (Å²) >= 11 is 0. The monoisotopic (exact) mass is 266 g/mol. The third-order valence-electron chi connectivity index (χ3n) is 2.96. The fraction of sp³-hybridized carbons (Fsp3) is 0.462. The highest BCUT2D eigenvalue weighted by Crippen LogP contribution is 2.19. The molecule has 1 rings (SSSR count). The van der Waals surface area contributed by atoms with Gasteiger partial charge >= 0.3 is 0 Å². The van der Waals surface area contributed by atoms with E-state index in [4.69, 9.17) is 10.00 Å². The minimum absolute atomic E-state index is 0.306. The summed E-state index contributed by atoms with van der Waals surface area (Å²) in [5, 5.41) is 39.4. The van der Waals surface area contributed by atoms with Gasteiger partial charge in [0.05, 0.1) is 38.0 Å². The van der Waals surface area contributed by atoms with Gasteiger partial charge in [-0.05, 0) is 17.7 Å². The molecule has 0 radical (unpaired) electrons. The molecule has 0 saturated heterocycles.